The van der Waals surface area contributed by atoms with E-state index in [1.54, 1.807) is 0 Å². The third kappa shape index (κ3) is 3.26. The van der Waals surface area contributed by atoms with Crippen molar-refractivity contribution in [2.24, 2.45) is 0 Å². The van der Waals surface area contributed by atoms with Crippen LogP contribution in [0.1, 0.15) is 42.9 Å². The summed E-state index contributed by atoms with van der Waals surface area (Å²) in [5, 5.41) is 0. The van der Waals surface area contributed by atoms with Gasteiger partial charge in [0.2, 0.25) is 5.60 Å². The van der Waals surface area contributed by atoms with E-state index in [1.165, 1.54) is 0 Å². The topological polar surface area (TPSA) is 38.8 Å². The van der Waals surface area contributed by atoms with Crippen molar-refractivity contribution in [3.63, 3.8) is 0 Å². The molecule has 1 aliphatic rings. The van der Waals surface area contributed by atoms with Crippen LogP contribution >= 0.6 is 0 Å². The van der Waals surface area contributed by atoms with E-state index in [0.717, 1.165) is 36.0 Å². The number of benzene rings is 3. The molecule has 0 saturated carbocycles. The standard InChI is InChI=1S/C26H26O3/c1-2-3-13-20-28-24(27)26(23-18-11-6-12-19-23)25(29-26,21-14-7-4-8-15-21)22-16-9-5-10-17-22/h4-12,14-19H,2-3,13,20H2,1H3. The first-order valence-electron chi connectivity index (χ1n) is 10.3. The predicted octanol–water partition coefficient (Wildman–Crippen LogP) is 5.59. The Morgan fingerprint density at radius 2 is 1.24 bits per heavy atom. The van der Waals surface area contributed by atoms with Crippen molar-refractivity contribution in [3.8, 4) is 0 Å². The van der Waals surface area contributed by atoms with Crippen LogP contribution in [0.4, 0.5) is 0 Å². The Morgan fingerprint density at radius 3 is 1.72 bits per heavy atom. The monoisotopic (exact) mass is 386 g/mol. The Bertz CT molecular complexity index is 898. The fourth-order valence-electron chi connectivity index (χ4n) is 4.10. The number of hydrogen-bond acceptors (Lipinski definition) is 3. The summed E-state index contributed by atoms with van der Waals surface area (Å²) in [4.78, 5) is 13.5. The van der Waals surface area contributed by atoms with Gasteiger partial charge in [-0.25, -0.2) is 4.79 Å². The van der Waals surface area contributed by atoms with Crippen molar-refractivity contribution in [3.05, 3.63) is 108 Å². The Morgan fingerprint density at radius 1 is 0.759 bits per heavy atom. The second-order valence-electron chi connectivity index (χ2n) is 7.41. The van der Waals surface area contributed by atoms with Crippen LogP contribution in [0.3, 0.4) is 0 Å². The van der Waals surface area contributed by atoms with E-state index >= 15 is 0 Å². The molecule has 1 fully saturated rings. The Labute approximate surface area is 172 Å². The third-order valence-electron chi connectivity index (χ3n) is 5.57. The van der Waals surface area contributed by atoms with Gasteiger partial charge >= 0.3 is 5.97 Å². The lowest BCUT2D eigenvalue weighted by Crippen LogP contribution is -2.33. The molecular weight excluding hydrogens is 360 g/mol. The van der Waals surface area contributed by atoms with E-state index in [1.807, 2.05) is 91.0 Å². The molecule has 3 nitrogen and oxygen atoms in total. The molecule has 0 spiro atoms. The molecule has 3 aromatic rings. The third-order valence-corrected chi connectivity index (χ3v) is 5.57. The molecule has 1 heterocycles. The minimum absolute atomic E-state index is 0.326. The highest BCUT2D eigenvalue weighted by Crippen LogP contribution is 2.66. The second-order valence-corrected chi connectivity index (χ2v) is 7.41. The van der Waals surface area contributed by atoms with Crippen LogP contribution in [0.25, 0.3) is 0 Å². The molecule has 3 heteroatoms. The zero-order chi connectivity index (χ0) is 20.2. The number of unbranched alkanes of at least 4 members (excludes halogenated alkanes) is 2. The number of ether oxygens (including phenoxy) is 2. The van der Waals surface area contributed by atoms with Gasteiger partial charge in [0.15, 0.2) is 5.60 Å². The van der Waals surface area contributed by atoms with Crippen LogP contribution in [0.5, 0.6) is 0 Å². The minimum atomic E-state index is -1.19. The molecule has 1 saturated heterocycles. The number of epoxide rings is 1. The summed E-state index contributed by atoms with van der Waals surface area (Å²) in [6, 6.07) is 29.6. The molecule has 148 valence electrons. The molecule has 0 aliphatic carbocycles. The summed E-state index contributed by atoms with van der Waals surface area (Å²) in [6.07, 6.45) is 2.97. The van der Waals surface area contributed by atoms with E-state index in [0.29, 0.717) is 6.61 Å². The van der Waals surface area contributed by atoms with Gasteiger partial charge in [-0.3, -0.25) is 0 Å². The first kappa shape index (κ1) is 19.4. The summed E-state index contributed by atoms with van der Waals surface area (Å²) in [7, 11) is 0. The van der Waals surface area contributed by atoms with E-state index < -0.39 is 11.2 Å². The first-order valence-corrected chi connectivity index (χ1v) is 10.3. The molecule has 0 N–H and O–H groups in total. The molecule has 1 aliphatic heterocycles. The summed E-state index contributed by atoms with van der Waals surface area (Å²) in [6.45, 7) is 2.54. The molecule has 0 radical (unpaired) electrons. The van der Waals surface area contributed by atoms with Crippen molar-refractivity contribution < 1.29 is 14.3 Å². The maximum Gasteiger partial charge on any atom is 0.347 e. The van der Waals surface area contributed by atoms with Crippen LogP contribution in [0.15, 0.2) is 91.0 Å². The van der Waals surface area contributed by atoms with Crippen LogP contribution in [0.2, 0.25) is 0 Å². The molecule has 0 bridgehead atoms. The van der Waals surface area contributed by atoms with Gasteiger partial charge in [-0.1, -0.05) is 111 Å². The molecule has 0 aromatic heterocycles. The molecular formula is C26H26O3. The van der Waals surface area contributed by atoms with Gasteiger partial charge in [0.25, 0.3) is 0 Å². The number of esters is 1. The molecule has 4 rings (SSSR count). The highest BCUT2D eigenvalue weighted by atomic mass is 16.7. The predicted molar refractivity (Wildman–Crippen MR) is 113 cm³/mol. The van der Waals surface area contributed by atoms with Crippen molar-refractivity contribution in [1.29, 1.82) is 0 Å². The molecule has 1 atom stereocenters. The lowest BCUT2D eigenvalue weighted by molar-refractivity contribution is -0.150. The number of carbonyl (C=O) groups excluding carboxylic acids is 1. The normalized spacial score (nSPS) is 19.5. The van der Waals surface area contributed by atoms with Crippen molar-refractivity contribution in [2.75, 3.05) is 6.61 Å². The summed E-state index contributed by atoms with van der Waals surface area (Å²) >= 11 is 0. The average Bonchev–Trinajstić information content (AvgIpc) is 3.51. The van der Waals surface area contributed by atoms with Gasteiger partial charge < -0.3 is 9.47 Å². The fraction of sp³-hybridized carbons (Fsp3) is 0.269. The van der Waals surface area contributed by atoms with Crippen LogP contribution < -0.4 is 0 Å². The molecule has 1 unspecified atom stereocenters. The van der Waals surface area contributed by atoms with Gasteiger partial charge in [-0.2, -0.15) is 0 Å². The second kappa shape index (κ2) is 8.22. The van der Waals surface area contributed by atoms with Gasteiger partial charge in [-0.15, -0.1) is 0 Å². The van der Waals surface area contributed by atoms with Crippen molar-refractivity contribution in [2.45, 2.75) is 37.4 Å². The molecule has 29 heavy (non-hydrogen) atoms. The van der Waals surface area contributed by atoms with Gasteiger partial charge in [0.05, 0.1) is 6.61 Å². The van der Waals surface area contributed by atoms with E-state index in [-0.39, 0.29) is 5.97 Å². The summed E-state index contributed by atoms with van der Waals surface area (Å²) in [5.41, 5.74) is 0.608. The molecule has 0 amide bonds. The Hall–Kier alpha value is -2.91. The number of rotatable bonds is 8. The Kier molecular flexibility index (Phi) is 5.50. The lowest BCUT2D eigenvalue weighted by atomic mass is 9.77. The smallest absolute Gasteiger partial charge is 0.347 e. The van der Waals surface area contributed by atoms with Gasteiger partial charge in [0.1, 0.15) is 0 Å². The lowest BCUT2D eigenvalue weighted by Gasteiger charge is -2.21. The first-order chi connectivity index (χ1) is 14.3. The van der Waals surface area contributed by atoms with E-state index in [9.17, 15) is 4.79 Å². The van der Waals surface area contributed by atoms with Gasteiger partial charge in [-0.05, 0) is 23.1 Å². The van der Waals surface area contributed by atoms with Crippen molar-refractivity contribution >= 4 is 5.97 Å². The zero-order valence-electron chi connectivity index (χ0n) is 16.7. The van der Waals surface area contributed by atoms with Crippen LogP contribution in [-0.4, -0.2) is 12.6 Å². The van der Waals surface area contributed by atoms with Crippen LogP contribution in [-0.2, 0) is 25.5 Å². The largest absolute Gasteiger partial charge is 0.463 e. The van der Waals surface area contributed by atoms with E-state index in [2.05, 4.69) is 6.92 Å². The fourth-order valence-corrected chi connectivity index (χ4v) is 4.10. The average molecular weight is 386 g/mol. The highest BCUT2D eigenvalue weighted by Gasteiger charge is 2.78. The maximum atomic E-state index is 13.5. The zero-order valence-corrected chi connectivity index (χ0v) is 16.7. The number of carbonyl (C=O) groups is 1. The quantitative estimate of drug-likeness (QED) is 0.288. The summed E-state index contributed by atoms with van der Waals surface area (Å²) in [5.74, 6) is -0.326. The number of hydrogen-bond donors (Lipinski definition) is 0. The summed E-state index contributed by atoms with van der Waals surface area (Å²) < 4.78 is 12.3. The van der Waals surface area contributed by atoms with Crippen molar-refractivity contribution in [1.82, 2.24) is 0 Å². The van der Waals surface area contributed by atoms with Gasteiger partial charge in [0, 0.05) is 0 Å². The molecule has 3 aromatic carbocycles. The van der Waals surface area contributed by atoms with Crippen LogP contribution in [0, 0.1) is 0 Å². The van der Waals surface area contributed by atoms with E-state index in [4.69, 9.17) is 9.47 Å². The Balaban J connectivity index is 1.82. The highest BCUT2D eigenvalue weighted by molar-refractivity contribution is 5.89. The minimum Gasteiger partial charge on any atom is -0.463 e. The maximum absolute atomic E-state index is 13.5. The SMILES string of the molecule is CCCCCOC(=O)C1(c2ccccc2)OC1(c1ccccc1)c1ccccc1.